The highest BCUT2D eigenvalue weighted by molar-refractivity contribution is 5.95. The van der Waals surface area contributed by atoms with Crippen molar-refractivity contribution in [1.29, 1.82) is 0 Å². The zero-order chi connectivity index (χ0) is 23.3. The van der Waals surface area contributed by atoms with E-state index in [0.29, 0.717) is 18.6 Å². The van der Waals surface area contributed by atoms with Crippen LogP contribution in [0.5, 0.6) is 17.2 Å². The van der Waals surface area contributed by atoms with E-state index in [0.717, 1.165) is 24.8 Å². The summed E-state index contributed by atoms with van der Waals surface area (Å²) < 4.78 is 15.9. The fourth-order valence-corrected chi connectivity index (χ4v) is 3.06. The molecule has 0 bridgehead atoms. The van der Waals surface area contributed by atoms with Crippen LogP contribution in [-0.4, -0.2) is 24.8 Å². The van der Waals surface area contributed by atoms with E-state index in [2.05, 4.69) is 6.92 Å². The molecule has 32 heavy (non-hydrogen) atoms. The molecule has 0 N–H and O–H groups in total. The van der Waals surface area contributed by atoms with Gasteiger partial charge in [0.15, 0.2) is 17.3 Å². The number of hydrogen-bond donors (Lipinski definition) is 0. The number of aryl methyl sites for hydroxylation is 1. The molecule has 2 rings (SSSR count). The quantitative estimate of drug-likeness (QED) is 0.189. The lowest BCUT2D eigenvalue weighted by Crippen LogP contribution is -2.13. The molecule has 0 aromatic heterocycles. The Morgan fingerprint density at radius 1 is 0.938 bits per heavy atom. The minimum absolute atomic E-state index is 0.0815. The van der Waals surface area contributed by atoms with Crippen LogP contribution in [0.15, 0.2) is 54.6 Å². The van der Waals surface area contributed by atoms with Crippen LogP contribution < -0.4 is 14.2 Å². The van der Waals surface area contributed by atoms with Crippen molar-refractivity contribution in [2.45, 2.75) is 52.4 Å². The smallest absolute Gasteiger partial charge is 0.347 e. The molecular formula is C26H30O6. The third-order valence-corrected chi connectivity index (χ3v) is 4.73. The maximum absolute atomic E-state index is 12.6. The van der Waals surface area contributed by atoms with Crippen LogP contribution in [-0.2, 0) is 16.0 Å². The van der Waals surface area contributed by atoms with E-state index in [-0.39, 0.29) is 22.8 Å². The van der Waals surface area contributed by atoms with Crippen molar-refractivity contribution in [3.63, 3.8) is 0 Å². The largest absolute Gasteiger partial charge is 0.493 e. The highest BCUT2D eigenvalue weighted by atomic mass is 16.6. The van der Waals surface area contributed by atoms with E-state index >= 15 is 0 Å². The van der Waals surface area contributed by atoms with Gasteiger partial charge in [-0.1, -0.05) is 44.0 Å². The van der Waals surface area contributed by atoms with Crippen molar-refractivity contribution in [2.75, 3.05) is 7.11 Å². The third kappa shape index (κ3) is 8.02. The number of ether oxygens (including phenoxy) is 3. The molecule has 0 saturated heterocycles. The summed E-state index contributed by atoms with van der Waals surface area (Å²) in [5.74, 6) is -0.377. The standard InChI is InChI=1S/C26H30O6/c1-4-5-6-7-8-11-21(28)16-14-20-15-17-24(25(18-20)30-3)32-26(29)22-12-9-10-13-23(22)31-19(2)27/h8-13,15,17-18H,4-7,14,16H2,1-3H3. The van der Waals surface area contributed by atoms with E-state index in [1.54, 1.807) is 36.4 Å². The summed E-state index contributed by atoms with van der Waals surface area (Å²) in [6.07, 6.45) is 8.90. The van der Waals surface area contributed by atoms with Gasteiger partial charge in [0.05, 0.1) is 7.11 Å². The second kappa shape index (κ2) is 13.1. The number of benzene rings is 2. The van der Waals surface area contributed by atoms with Crippen LogP contribution in [0.4, 0.5) is 0 Å². The lowest BCUT2D eigenvalue weighted by atomic mass is 10.1. The Labute approximate surface area is 189 Å². The van der Waals surface area contributed by atoms with Crippen molar-refractivity contribution in [1.82, 2.24) is 0 Å². The summed E-state index contributed by atoms with van der Waals surface area (Å²) in [4.78, 5) is 36.0. The fourth-order valence-electron chi connectivity index (χ4n) is 3.06. The first-order valence-corrected chi connectivity index (χ1v) is 10.8. The molecule has 0 saturated carbocycles. The van der Waals surface area contributed by atoms with E-state index in [1.165, 1.54) is 32.6 Å². The molecule has 6 heteroatoms. The average molecular weight is 439 g/mol. The Bertz CT molecular complexity index is 961. The van der Waals surface area contributed by atoms with Crippen LogP contribution in [0.25, 0.3) is 0 Å². The van der Waals surface area contributed by atoms with Gasteiger partial charge in [-0.05, 0) is 55.2 Å². The lowest BCUT2D eigenvalue weighted by Gasteiger charge is -2.12. The minimum atomic E-state index is -0.670. The number of ketones is 1. The number of hydrogen-bond acceptors (Lipinski definition) is 6. The van der Waals surface area contributed by atoms with Gasteiger partial charge in [0, 0.05) is 13.3 Å². The molecule has 0 amide bonds. The Morgan fingerprint density at radius 3 is 2.44 bits per heavy atom. The Kier molecular flexibility index (Phi) is 10.2. The molecule has 0 heterocycles. The van der Waals surface area contributed by atoms with Crippen molar-refractivity contribution in [3.05, 3.63) is 65.7 Å². The molecule has 2 aromatic rings. The van der Waals surface area contributed by atoms with Crippen LogP contribution in [0.2, 0.25) is 0 Å². The third-order valence-electron chi connectivity index (χ3n) is 4.73. The second-order valence-electron chi connectivity index (χ2n) is 7.33. The van der Waals surface area contributed by atoms with E-state index in [1.807, 2.05) is 6.08 Å². The number of allylic oxidation sites excluding steroid dienone is 2. The number of unbranched alkanes of at least 4 members (excludes halogenated alkanes) is 3. The number of methoxy groups -OCH3 is 1. The zero-order valence-corrected chi connectivity index (χ0v) is 18.9. The second-order valence-corrected chi connectivity index (χ2v) is 7.33. The molecule has 2 aromatic carbocycles. The highest BCUT2D eigenvalue weighted by Gasteiger charge is 2.18. The SMILES string of the molecule is CCCCCC=CC(=O)CCc1ccc(OC(=O)c2ccccc2OC(C)=O)c(OC)c1. The van der Waals surface area contributed by atoms with Crippen LogP contribution in [0, 0.1) is 0 Å². The number of carbonyl (C=O) groups is 3. The van der Waals surface area contributed by atoms with Gasteiger partial charge in [-0.2, -0.15) is 0 Å². The van der Waals surface area contributed by atoms with Crippen LogP contribution in [0.1, 0.15) is 61.9 Å². The van der Waals surface area contributed by atoms with Crippen LogP contribution >= 0.6 is 0 Å². The van der Waals surface area contributed by atoms with Gasteiger partial charge in [-0.3, -0.25) is 9.59 Å². The molecular weight excluding hydrogens is 408 g/mol. The summed E-state index contributed by atoms with van der Waals surface area (Å²) in [5.41, 5.74) is 1.03. The Hall–Kier alpha value is -3.41. The topological polar surface area (TPSA) is 78.9 Å². The van der Waals surface area contributed by atoms with Crippen molar-refractivity contribution in [3.8, 4) is 17.2 Å². The predicted molar refractivity (Wildman–Crippen MR) is 122 cm³/mol. The average Bonchev–Trinajstić information content (AvgIpc) is 2.78. The van der Waals surface area contributed by atoms with Crippen molar-refractivity contribution < 1.29 is 28.6 Å². The van der Waals surface area contributed by atoms with Gasteiger partial charge in [0.25, 0.3) is 0 Å². The first-order valence-electron chi connectivity index (χ1n) is 10.8. The lowest BCUT2D eigenvalue weighted by molar-refractivity contribution is -0.131. The molecule has 0 unspecified atom stereocenters. The predicted octanol–water partition coefficient (Wildman–Crippen LogP) is 5.48. The van der Waals surface area contributed by atoms with Crippen molar-refractivity contribution >= 4 is 17.7 Å². The summed E-state index contributed by atoms with van der Waals surface area (Å²) in [5, 5.41) is 0. The summed E-state index contributed by atoms with van der Waals surface area (Å²) in [6, 6.07) is 11.5. The Morgan fingerprint density at radius 2 is 1.72 bits per heavy atom. The summed E-state index contributed by atoms with van der Waals surface area (Å²) in [7, 11) is 1.48. The molecule has 0 aliphatic rings. The molecule has 0 aliphatic heterocycles. The normalized spacial score (nSPS) is 10.7. The minimum Gasteiger partial charge on any atom is -0.493 e. The number of esters is 2. The first kappa shape index (κ1) is 24.9. The zero-order valence-electron chi connectivity index (χ0n) is 18.9. The maximum Gasteiger partial charge on any atom is 0.347 e. The summed E-state index contributed by atoms with van der Waals surface area (Å²) in [6.45, 7) is 3.41. The van der Waals surface area contributed by atoms with Gasteiger partial charge < -0.3 is 14.2 Å². The first-order chi connectivity index (χ1) is 15.4. The molecule has 0 radical (unpaired) electrons. The van der Waals surface area contributed by atoms with E-state index in [9.17, 15) is 14.4 Å². The fraction of sp³-hybridized carbons (Fsp3) is 0.346. The van der Waals surface area contributed by atoms with Gasteiger partial charge in [-0.15, -0.1) is 0 Å². The molecule has 170 valence electrons. The van der Waals surface area contributed by atoms with Gasteiger partial charge in [-0.25, -0.2) is 4.79 Å². The van der Waals surface area contributed by atoms with E-state index < -0.39 is 11.9 Å². The highest BCUT2D eigenvalue weighted by Crippen LogP contribution is 2.30. The molecule has 6 nitrogen and oxygen atoms in total. The summed E-state index contributed by atoms with van der Waals surface area (Å²) >= 11 is 0. The van der Waals surface area contributed by atoms with Crippen molar-refractivity contribution in [2.24, 2.45) is 0 Å². The maximum atomic E-state index is 12.6. The van der Waals surface area contributed by atoms with Gasteiger partial charge in [0.1, 0.15) is 11.3 Å². The molecule has 0 fully saturated rings. The van der Waals surface area contributed by atoms with Gasteiger partial charge in [0.2, 0.25) is 0 Å². The molecule has 0 atom stereocenters. The number of carbonyl (C=O) groups excluding carboxylic acids is 3. The van der Waals surface area contributed by atoms with Gasteiger partial charge >= 0.3 is 11.9 Å². The number of para-hydroxylation sites is 1. The monoisotopic (exact) mass is 438 g/mol. The van der Waals surface area contributed by atoms with E-state index in [4.69, 9.17) is 14.2 Å². The Balaban J connectivity index is 2.01. The van der Waals surface area contributed by atoms with Crippen LogP contribution in [0.3, 0.4) is 0 Å². The number of rotatable bonds is 12. The molecule has 0 aliphatic carbocycles. The molecule has 0 spiro atoms.